The summed E-state index contributed by atoms with van der Waals surface area (Å²) in [6.45, 7) is 1.30. The second kappa shape index (κ2) is 11.0. The van der Waals surface area contributed by atoms with Crippen LogP contribution < -0.4 is 5.32 Å². The van der Waals surface area contributed by atoms with Crippen molar-refractivity contribution in [3.63, 3.8) is 0 Å². The van der Waals surface area contributed by atoms with Crippen LogP contribution in [0.2, 0.25) is 0 Å². The summed E-state index contributed by atoms with van der Waals surface area (Å²) in [6, 6.07) is 16.8. The van der Waals surface area contributed by atoms with E-state index in [0.29, 0.717) is 29.9 Å². The highest BCUT2D eigenvalue weighted by Gasteiger charge is 2.48. The summed E-state index contributed by atoms with van der Waals surface area (Å²) in [5, 5.41) is 2.77. The molecule has 0 saturated carbocycles. The molecular formula is C29H27F2N3O4. The minimum Gasteiger partial charge on any atom is -0.438 e. The molecule has 0 bridgehead atoms. The Bertz CT molecular complexity index is 1320. The minimum atomic E-state index is -0.922. The highest BCUT2D eigenvalue weighted by Crippen LogP contribution is 2.36. The summed E-state index contributed by atoms with van der Waals surface area (Å²) in [5.41, 5.74) is 1.94. The van der Waals surface area contributed by atoms with Crippen LogP contribution in [0.25, 0.3) is 0 Å². The van der Waals surface area contributed by atoms with Gasteiger partial charge in [-0.05, 0) is 78.9 Å². The van der Waals surface area contributed by atoms with Crippen LogP contribution in [0.3, 0.4) is 0 Å². The number of halogens is 2. The van der Waals surface area contributed by atoms with E-state index in [1.807, 2.05) is 0 Å². The van der Waals surface area contributed by atoms with Crippen molar-refractivity contribution in [2.24, 2.45) is 0 Å². The van der Waals surface area contributed by atoms with Gasteiger partial charge in [0.1, 0.15) is 11.6 Å². The third-order valence-corrected chi connectivity index (χ3v) is 6.85. The SMILES string of the molecule is O=C(Nc1cccc(C2OC(=O)N(Cc3ccc(F)cc3)C2C(=O)N2CCCCC2)c1)c1ccc(F)cc1. The molecule has 2 saturated heterocycles. The lowest BCUT2D eigenvalue weighted by molar-refractivity contribution is -0.137. The van der Waals surface area contributed by atoms with Gasteiger partial charge in [-0.3, -0.25) is 14.5 Å². The van der Waals surface area contributed by atoms with Gasteiger partial charge in [0.05, 0.1) is 6.54 Å². The number of rotatable bonds is 6. The van der Waals surface area contributed by atoms with Crippen molar-refractivity contribution in [3.8, 4) is 0 Å². The van der Waals surface area contributed by atoms with Crippen molar-refractivity contribution in [2.45, 2.75) is 38.0 Å². The number of likely N-dealkylation sites (tertiary alicyclic amines) is 1. The summed E-state index contributed by atoms with van der Waals surface area (Å²) < 4.78 is 32.4. The third kappa shape index (κ3) is 5.51. The lowest BCUT2D eigenvalue weighted by Gasteiger charge is -2.33. The van der Waals surface area contributed by atoms with Crippen molar-refractivity contribution in [3.05, 3.63) is 101 Å². The van der Waals surface area contributed by atoms with Crippen LogP contribution >= 0.6 is 0 Å². The van der Waals surface area contributed by atoms with E-state index in [2.05, 4.69) is 5.32 Å². The molecule has 2 heterocycles. The first-order valence-corrected chi connectivity index (χ1v) is 12.6. The Morgan fingerprint density at radius 3 is 2.24 bits per heavy atom. The van der Waals surface area contributed by atoms with E-state index >= 15 is 0 Å². The van der Waals surface area contributed by atoms with Crippen LogP contribution in [0.1, 0.15) is 46.9 Å². The average molecular weight is 520 g/mol. The first kappa shape index (κ1) is 25.4. The average Bonchev–Trinajstić information content (AvgIpc) is 3.26. The lowest BCUT2D eigenvalue weighted by Crippen LogP contribution is -2.49. The Morgan fingerprint density at radius 1 is 0.895 bits per heavy atom. The molecule has 38 heavy (non-hydrogen) atoms. The number of ether oxygens (including phenoxy) is 1. The molecule has 9 heteroatoms. The normalized spacial score (nSPS) is 19.3. The Balaban J connectivity index is 1.42. The van der Waals surface area contributed by atoms with Crippen LogP contribution in [0.15, 0.2) is 72.8 Å². The molecule has 7 nitrogen and oxygen atoms in total. The monoisotopic (exact) mass is 519 g/mol. The first-order chi connectivity index (χ1) is 18.4. The van der Waals surface area contributed by atoms with Gasteiger partial charge in [0.2, 0.25) is 5.91 Å². The molecule has 3 amide bonds. The van der Waals surface area contributed by atoms with Gasteiger partial charge >= 0.3 is 6.09 Å². The number of anilines is 1. The number of nitrogens with zero attached hydrogens (tertiary/aromatic N) is 2. The van der Waals surface area contributed by atoms with Gasteiger partial charge in [-0.15, -0.1) is 0 Å². The van der Waals surface area contributed by atoms with E-state index in [1.165, 1.54) is 41.3 Å². The summed E-state index contributed by atoms with van der Waals surface area (Å²) in [5.74, 6) is -1.47. The van der Waals surface area contributed by atoms with Gasteiger partial charge in [0.25, 0.3) is 5.91 Å². The molecule has 0 aliphatic carbocycles. The first-order valence-electron chi connectivity index (χ1n) is 12.6. The fourth-order valence-electron chi connectivity index (χ4n) is 4.88. The highest BCUT2D eigenvalue weighted by molar-refractivity contribution is 6.04. The number of benzene rings is 3. The maximum atomic E-state index is 13.8. The van der Waals surface area contributed by atoms with Gasteiger partial charge < -0.3 is 15.0 Å². The minimum absolute atomic E-state index is 0.0842. The molecule has 0 aromatic heterocycles. The second-order valence-corrected chi connectivity index (χ2v) is 9.48. The molecule has 0 spiro atoms. The van der Waals surface area contributed by atoms with E-state index in [0.717, 1.165) is 19.3 Å². The largest absolute Gasteiger partial charge is 0.438 e. The van der Waals surface area contributed by atoms with Gasteiger partial charge in [-0.25, -0.2) is 13.6 Å². The topological polar surface area (TPSA) is 79.0 Å². The van der Waals surface area contributed by atoms with Crippen molar-refractivity contribution in [1.82, 2.24) is 9.80 Å². The molecule has 1 N–H and O–H groups in total. The van der Waals surface area contributed by atoms with E-state index in [1.54, 1.807) is 41.3 Å². The Kier molecular flexibility index (Phi) is 7.35. The number of piperidine rings is 1. The second-order valence-electron chi connectivity index (χ2n) is 9.48. The van der Waals surface area contributed by atoms with Crippen LogP contribution in [0.5, 0.6) is 0 Å². The molecule has 3 aromatic rings. The summed E-state index contributed by atoms with van der Waals surface area (Å²) >= 11 is 0. The maximum absolute atomic E-state index is 13.8. The van der Waals surface area contributed by atoms with Crippen LogP contribution in [0, 0.1) is 11.6 Å². The number of hydrogen-bond donors (Lipinski definition) is 1. The zero-order chi connectivity index (χ0) is 26.6. The molecule has 5 rings (SSSR count). The van der Waals surface area contributed by atoms with Crippen LogP contribution in [-0.2, 0) is 16.1 Å². The Hall–Kier alpha value is -4.27. The fraction of sp³-hybridized carbons (Fsp3) is 0.276. The van der Waals surface area contributed by atoms with Crippen LogP contribution in [-0.4, -0.2) is 46.8 Å². The number of carbonyl (C=O) groups is 3. The molecular weight excluding hydrogens is 492 g/mol. The number of carbonyl (C=O) groups excluding carboxylic acids is 3. The predicted octanol–water partition coefficient (Wildman–Crippen LogP) is 5.29. The Morgan fingerprint density at radius 2 is 1.55 bits per heavy atom. The summed E-state index contributed by atoms with van der Waals surface area (Å²) in [7, 11) is 0. The smallest absolute Gasteiger partial charge is 0.411 e. The number of nitrogens with one attached hydrogen (secondary N) is 1. The zero-order valence-electron chi connectivity index (χ0n) is 20.6. The van der Waals surface area contributed by atoms with Crippen molar-refractivity contribution in [2.75, 3.05) is 18.4 Å². The maximum Gasteiger partial charge on any atom is 0.411 e. The van der Waals surface area contributed by atoms with E-state index in [9.17, 15) is 23.2 Å². The number of amides is 3. The number of hydrogen-bond acceptors (Lipinski definition) is 4. The molecule has 2 aliphatic rings. The summed E-state index contributed by atoms with van der Waals surface area (Å²) in [4.78, 5) is 42.6. The molecule has 0 radical (unpaired) electrons. The Labute approximate surface area is 219 Å². The third-order valence-electron chi connectivity index (χ3n) is 6.85. The van der Waals surface area contributed by atoms with Crippen molar-refractivity contribution >= 4 is 23.6 Å². The van der Waals surface area contributed by atoms with Crippen molar-refractivity contribution in [1.29, 1.82) is 0 Å². The zero-order valence-corrected chi connectivity index (χ0v) is 20.6. The molecule has 2 fully saturated rings. The van der Waals surface area contributed by atoms with Gasteiger partial charge in [0.15, 0.2) is 12.1 Å². The van der Waals surface area contributed by atoms with Crippen molar-refractivity contribution < 1.29 is 27.9 Å². The van der Waals surface area contributed by atoms with E-state index in [4.69, 9.17) is 4.74 Å². The van der Waals surface area contributed by atoms with E-state index in [-0.39, 0.29) is 18.0 Å². The van der Waals surface area contributed by atoms with Gasteiger partial charge in [0, 0.05) is 24.3 Å². The molecule has 2 atom stereocenters. The van der Waals surface area contributed by atoms with Crippen LogP contribution in [0.4, 0.5) is 19.3 Å². The van der Waals surface area contributed by atoms with E-state index < -0.39 is 35.8 Å². The predicted molar refractivity (Wildman–Crippen MR) is 136 cm³/mol. The standard InChI is InChI=1S/C29H27F2N3O4/c30-22-11-7-19(8-12-22)18-34-25(28(36)33-15-2-1-3-16-33)26(38-29(34)37)21-5-4-6-24(17-21)32-27(35)20-9-13-23(31)14-10-20/h4-14,17,25-26H,1-3,15-16,18H2,(H,32,35). The lowest BCUT2D eigenvalue weighted by atomic mass is 9.98. The molecule has 2 unspecified atom stereocenters. The fourth-order valence-corrected chi connectivity index (χ4v) is 4.88. The quantitative estimate of drug-likeness (QED) is 0.480. The van der Waals surface area contributed by atoms with Gasteiger partial charge in [-0.1, -0.05) is 24.3 Å². The van der Waals surface area contributed by atoms with Gasteiger partial charge in [-0.2, -0.15) is 0 Å². The highest BCUT2D eigenvalue weighted by atomic mass is 19.1. The summed E-state index contributed by atoms with van der Waals surface area (Å²) in [6.07, 6.45) is 1.28. The molecule has 3 aromatic carbocycles. The molecule has 2 aliphatic heterocycles. The molecule has 196 valence electrons. The number of cyclic esters (lactones) is 1.